The van der Waals surface area contributed by atoms with E-state index in [2.05, 4.69) is 17.6 Å². The van der Waals surface area contributed by atoms with E-state index in [1.54, 1.807) is 0 Å². The maximum Gasteiger partial charge on any atom is 0.278 e. The maximum atomic E-state index is 12.1. The lowest BCUT2D eigenvalue weighted by atomic mass is 10.1. The fourth-order valence-corrected chi connectivity index (χ4v) is 2.32. The summed E-state index contributed by atoms with van der Waals surface area (Å²) in [4.78, 5) is 23.8. The Kier molecular flexibility index (Phi) is 6.21. The van der Waals surface area contributed by atoms with Crippen LogP contribution in [0.4, 0.5) is 5.69 Å². The third-order valence-corrected chi connectivity index (χ3v) is 3.55. The molecule has 1 atom stereocenters. The predicted octanol–water partition coefficient (Wildman–Crippen LogP) is 0.256. The summed E-state index contributed by atoms with van der Waals surface area (Å²) in [6, 6.07) is 7.03. The van der Waals surface area contributed by atoms with Crippen LogP contribution in [-0.4, -0.2) is 37.6 Å². The summed E-state index contributed by atoms with van der Waals surface area (Å²) < 4.78 is 5.69. The number of nitrogens with one attached hydrogen (secondary N) is 2. The van der Waals surface area contributed by atoms with E-state index in [0.717, 1.165) is 19.4 Å². The third-order valence-electron chi connectivity index (χ3n) is 3.55. The van der Waals surface area contributed by atoms with Crippen LogP contribution in [0.5, 0.6) is 5.75 Å². The Hall–Kier alpha value is -2.08. The average molecular weight is 306 g/mol. The van der Waals surface area contributed by atoms with Crippen LogP contribution >= 0.6 is 0 Å². The smallest absolute Gasteiger partial charge is 0.278 e. The predicted molar refractivity (Wildman–Crippen MR) is 83.7 cm³/mol. The van der Waals surface area contributed by atoms with Crippen LogP contribution in [0.1, 0.15) is 26.2 Å². The van der Waals surface area contributed by atoms with Crippen molar-refractivity contribution in [2.75, 3.05) is 25.0 Å². The average Bonchev–Trinajstić information content (AvgIpc) is 2.51. The van der Waals surface area contributed by atoms with Crippen LogP contribution in [0.15, 0.2) is 24.3 Å². The van der Waals surface area contributed by atoms with E-state index in [-0.39, 0.29) is 24.3 Å². The lowest BCUT2D eigenvalue weighted by Crippen LogP contribution is -2.96. The van der Waals surface area contributed by atoms with Crippen molar-refractivity contribution in [2.45, 2.75) is 32.2 Å². The zero-order valence-electron chi connectivity index (χ0n) is 12.9. The van der Waals surface area contributed by atoms with E-state index >= 15 is 0 Å². The number of carbonyl (C=O) groups is 2. The third kappa shape index (κ3) is 4.73. The molecule has 1 heterocycles. The number of piperazine rings is 1. The molecule has 0 aliphatic carbocycles. The molecule has 6 heteroatoms. The van der Waals surface area contributed by atoms with Gasteiger partial charge < -0.3 is 20.7 Å². The number of rotatable bonds is 7. The maximum absolute atomic E-state index is 12.1. The fourth-order valence-electron chi connectivity index (χ4n) is 2.32. The summed E-state index contributed by atoms with van der Waals surface area (Å²) in [5.41, 5.74) is 0.653. The van der Waals surface area contributed by atoms with E-state index < -0.39 is 0 Å². The van der Waals surface area contributed by atoms with Gasteiger partial charge in [0.05, 0.1) is 31.8 Å². The molecule has 0 bridgehead atoms. The van der Waals surface area contributed by atoms with Crippen LogP contribution in [0.2, 0.25) is 0 Å². The summed E-state index contributed by atoms with van der Waals surface area (Å²) >= 11 is 0. The Balaban J connectivity index is 1.91. The number of hydrogen-bond donors (Lipinski definition) is 3. The van der Waals surface area contributed by atoms with Crippen LogP contribution < -0.4 is 20.7 Å². The largest absolute Gasteiger partial charge is 0.491 e. The van der Waals surface area contributed by atoms with Gasteiger partial charge in [-0.15, -0.1) is 0 Å². The van der Waals surface area contributed by atoms with E-state index in [4.69, 9.17) is 4.74 Å². The Morgan fingerprint density at radius 1 is 1.45 bits per heavy atom. The minimum atomic E-state index is -0.345. The van der Waals surface area contributed by atoms with Gasteiger partial charge in [-0.2, -0.15) is 0 Å². The molecule has 0 spiro atoms. The van der Waals surface area contributed by atoms with E-state index in [1.807, 2.05) is 29.6 Å². The van der Waals surface area contributed by atoms with Crippen molar-refractivity contribution in [2.24, 2.45) is 0 Å². The highest BCUT2D eigenvalue weighted by Crippen LogP contribution is 2.24. The van der Waals surface area contributed by atoms with Crippen LogP contribution in [0.25, 0.3) is 0 Å². The van der Waals surface area contributed by atoms with Crippen molar-refractivity contribution in [1.82, 2.24) is 5.32 Å². The van der Waals surface area contributed by atoms with Crippen LogP contribution in [0, 0.1) is 0 Å². The van der Waals surface area contributed by atoms with Gasteiger partial charge in [0, 0.05) is 0 Å². The van der Waals surface area contributed by atoms with E-state index in [0.29, 0.717) is 24.6 Å². The molecular weight excluding hydrogens is 282 g/mol. The molecule has 1 aliphatic heterocycles. The lowest BCUT2D eigenvalue weighted by molar-refractivity contribution is -0.678. The topological polar surface area (TPSA) is 84.0 Å². The van der Waals surface area contributed by atoms with E-state index in [1.165, 1.54) is 0 Å². The summed E-state index contributed by atoms with van der Waals surface area (Å²) in [5.74, 6) is 0.417. The second-order valence-electron chi connectivity index (χ2n) is 5.37. The second kappa shape index (κ2) is 8.38. The highest BCUT2D eigenvalue weighted by Gasteiger charge is 2.28. The number of unbranched alkanes of at least 4 members (excludes halogenated alkanes) is 1. The van der Waals surface area contributed by atoms with Crippen molar-refractivity contribution in [3.8, 4) is 5.75 Å². The monoisotopic (exact) mass is 306 g/mol. The Morgan fingerprint density at radius 3 is 3.05 bits per heavy atom. The van der Waals surface area contributed by atoms with Gasteiger partial charge in [-0.1, -0.05) is 25.5 Å². The normalized spacial score (nSPS) is 17.7. The number of amides is 2. The van der Waals surface area contributed by atoms with Gasteiger partial charge in [0.15, 0.2) is 6.04 Å². The SMILES string of the molecule is CCCCOc1ccccc1NC(=O)C[C@@H]1[NH2+]CCNC1=O. The molecule has 1 aliphatic rings. The Labute approximate surface area is 130 Å². The quantitative estimate of drug-likeness (QED) is 0.632. The van der Waals surface area contributed by atoms with Gasteiger partial charge in [-0.3, -0.25) is 9.59 Å². The molecule has 0 aromatic heterocycles. The van der Waals surface area contributed by atoms with Gasteiger partial charge in [0.2, 0.25) is 5.91 Å². The van der Waals surface area contributed by atoms with Crippen molar-refractivity contribution < 1.29 is 19.6 Å². The van der Waals surface area contributed by atoms with Gasteiger partial charge in [0.1, 0.15) is 5.75 Å². The van der Waals surface area contributed by atoms with Crippen LogP contribution in [-0.2, 0) is 9.59 Å². The molecule has 0 radical (unpaired) electrons. The highest BCUT2D eigenvalue weighted by molar-refractivity contribution is 5.95. The van der Waals surface area contributed by atoms with E-state index in [9.17, 15) is 9.59 Å². The van der Waals surface area contributed by atoms with Gasteiger partial charge in [-0.05, 0) is 18.6 Å². The lowest BCUT2D eigenvalue weighted by Gasteiger charge is -2.20. The first-order chi connectivity index (χ1) is 10.7. The molecule has 1 aromatic rings. The minimum Gasteiger partial charge on any atom is -0.491 e. The molecule has 0 saturated carbocycles. The second-order valence-corrected chi connectivity index (χ2v) is 5.37. The Morgan fingerprint density at radius 2 is 2.27 bits per heavy atom. The number of hydrogen-bond acceptors (Lipinski definition) is 3. The van der Waals surface area contributed by atoms with Crippen molar-refractivity contribution in [1.29, 1.82) is 0 Å². The minimum absolute atomic E-state index is 0.0751. The summed E-state index contributed by atoms with van der Waals surface area (Å²) in [7, 11) is 0. The summed E-state index contributed by atoms with van der Waals surface area (Å²) in [6.45, 7) is 4.19. The summed E-state index contributed by atoms with van der Waals surface area (Å²) in [6.07, 6.45) is 2.19. The molecule has 2 amide bonds. The van der Waals surface area contributed by atoms with Crippen molar-refractivity contribution in [3.63, 3.8) is 0 Å². The molecule has 1 saturated heterocycles. The number of carbonyl (C=O) groups excluding carboxylic acids is 2. The summed E-state index contributed by atoms with van der Waals surface area (Å²) in [5, 5.41) is 7.52. The van der Waals surface area contributed by atoms with Gasteiger partial charge in [-0.25, -0.2) is 0 Å². The number of quaternary nitrogens is 1. The number of para-hydroxylation sites is 2. The number of nitrogens with two attached hydrogens (primary N) is 1. The molecule has 22 heavy (non-hydrogen) atoms. The standard InChI is InChI=1S/C16H23N3O3/c1-2-3-10-22-14-7-5-4-6-12(14)19-15(20)11-13-16(21)18-9-8-17-13/h4-7,13,17H,2-3,8-11H2,1H3,(H,18,21)(H,19,20)/p+1/t13-/m0/s1. The molecule has 4 N–H and O–H groups in total. The zero-order chi connectivity index (χ0) is 15.8. The molecule has 1 fully saturated rings. The molecular formula is C16H24N3O3+. The van der Waals surface area contributed by atoms with Crippen molar-refractivity contribution in [3.05, 3.63) is 24.3 Å². The molecule has 120 valence electrons. The van der Waals surface area contributed by atoms with Gasteiger partial charge in [0.25, 0.3) is 5.91 Å². The fraction of sp³-hybridized carbons (Fsp3) is 0.500. The molecule has 0 unspecified atom stereocenters. The van der Waals surface area contributed by atoms with Crippen LogP contribution in [0.3, 0.4) is 0 Å². The number of anilines is 1. The first-order valence-corrected chi connectivity index (χ1v) is 7.83. The molecule has 1 aromatic carbocycles. The van der Waals surface area contributed by atoms with Gasteiger partial charge >= 0.3 is 0 Å². The number of benzene rings is 1. The first kappa shape index (κ1) is 16.3. The van der Waals surface area contributed by atoms with Crippen molar-refractivity contribution >= 4 is 17.5 Å². The highest BCUT2D eigenvalue weighted by atomic mass is 16.5. The first-order valence-electron chi connectivity index (χ1n) is 7.83. The molecule has 6 nitrogen and oxygen atoms in total. The Bertz CT molecular complexity index is 519. The molecule has 2 rings (SSSR count). The zero-order valence-corrected chi connectivity index (χ0v) is 12.9. The number of ether oxygens (including phenoxy) is 1.